The fraction of sp³-hybridized carbons (Fsp3) is 0.917. The first-order chi connectivity index (χ1) is 7.56. The minimum atomic E-state index is -0.322. The molecule has 1 amide bonds. The summed E-state index contributed by atoms with van der Waals surface area (Å²) in [5, 5.41) is 3.31. The highest BCUT2D eigenvalue weighted by molar-refractivity contribution is 5.86. The van der Waals surface area contributed by atoms with Gasteiger partial charge < -0.3 is 11.1 Å². The molecule has 4 heteroatoms. The van der Waals surface area contributed by atoms with Gasteiger partial charge in [0.1, 0.15) is 5.54 Å². The van der Waals surface area contributed by atoms with E-state index in [-0.39, 0.29) is 11.4 Å². The smallest absolute Gasteiger partial charge is 0.237 e. The minimum absolute atomic E-state index is 0.119. The number of carbonyl (C=O) groups is 1. The lowest BCUT2D eigenvalue weighted by molar-refractivity contribution is -0.143. The number of piperazine rings is 1. The van der Waals surface area contributed by atoms with Crippen molar-refractivity contribution < 1.29 is 4.79 Å². The van der Waals surface area contributed by atoms with Gasteiger partial charge in [-0.25, -0.2) is 0 Å². The third-order valence-electron chi connectivity index (χ3n) is 4.32. The van der Waals surface area contributed by atoms with E-state index in [1.807, 2.05) is 0 Å². The molecule has 0 atom stereocenters. The van der Waals surface area contributed by atoms with E-state index in [4.69, 9.17) is 5.73 Å². The van der Waals surface area contributed by atoms with Crippen molar-refractivity contribution in [3.63, 3.8) is 0 Å². The second-order valence-electron chi connectivity index (χ2n) is 5.55. The molecule has 1 saturated heterocycles. The number of hydrogen-bond donors (Lipinski definition) is 2. The number of primary amides is 1. The van der Waals surface area contributed by atoms with Crippen molar-refractivity contribution in [2.45, 2.75) is 32.2 Å². The van der Waals surface area contributed by atoms with E-state index in [2.05, 4.69) is 24.1 Å². The zero-order valence-corrected chi connectivity index (χ0v) is 10.3. The van der Waals surface area contributed by atoms with Crippen LogP contribution in [-0.4, -0.2) is 42.5 Å². The third kappa shape index (κ3) is 1.84. The summed E-state index contributed by atoms with van der Waals surface area (Å²) < 4.78 is 0. The van der Waals surface area contributed by atoms with E-state index in [0.29, 0.717) is 11.8 Å². The van der Waals surface area contributed by atoms with Gasteiger partial charge >= 0.3 is 0 Å². The van der Waals surface area contributed by atoms with E-state index < -0.39 is 0 Å². The molecular weight excluding hydrogens is 202 g/mol. The maximum absolute atomic E-state index is 11.7. The summed E-state index contributed by atoms with van der Waals surface area (Å²) in [5.74, 6) is 1.21. The summed E-state index contributed by atoms with van der Waals surface area (Å²) in [6.07, 6.45) is 1.92. The Labute approximate surface area is 97.6 Å². The Morgan fingerprint density at radius 2 is 1.94 bits per heavy atom. The number of amides is 1. The molecular formula is C12H23N3O. The molecule has 1 saturated carbocycles. The number of nitrogens with zero attached hydrogens (tertiary/aromatic N) is 1. The highest BCUT2D eigenvalue weighted by atomic mass is 16.1. The van der Waals surface area contributed by atoms with Crippen molar-refractivity contribution in [1.82, 2.24) is 10.2 Å². The minimum Gasteiger partial charge on any atom is -0.368 e. The molecule has 0 aromatic carbocycles. The van der Waals surface area contributed by atoms with Crippen molar-refractivity contribution in [1.29, 1.82) is 0 Å². The van der Waals surface area contributed by atoms with Crippen LogP contribution in [0.2, 0.25) is 0 Å². The number of hydrogen-bond acceptors (Lipinski definition) is 3. The van der Waals surface area contributed by atoms with E-state index in [1.54, 1.807) is 0 Å². The molecule has 2 rings (SSSR count). The van der Waals surface area contributed by atoms with E-state index >= 15 is 0 Å². The molecule has 2 fully saturated rings. The summed E-state index contributed by atoms with van der Waals surface area (Å²) >= 11 is 0. The normalized spacial score (nSPS) is 36.1. The zero-order chi connectivity index (χ0) is 11.8. The van der Waals surface area contributed by atoms with Crippen LogP contribution in [-0.2, 0) is 4.79 Å². The number of nitrogens with one attached hydrogen (secondary N) is 1. The monoisotopic (exact) mass is 225 g/mol. The Kier molecular flexibility index (Phi) is 3.22. The van der Waals surface area contributed by atoms with Crippen molar-refractivity contribution in [3.05, 3.63) is 0 Å². The summed E-state index contributed by atoms with van der Waals surface area (Å²) in [4.78, 5) is 14.0. The predicted octanol–water partition coefficient (Wildman–Crippen LogP) is 0.182. The van der Waals surface area contributed by atoms with Gasteiger partial charge in [0.15, 0.2) is 0 Å². The highest BCUT2D eigenvalue weighted by Gasteiger charge is 2.53. The van der Waals surface area contributed by atoms with Crippen LogP contribution in [0.15, 0.2) is 0 Å². The van der Waals surface area contributed by atoms with Crippen molar-refractivity contribution in [2.75, 3.05) is 26.2 Å². The second kappa shape index (κ2) is 4.34. The van der Waals surface area contributed by atoms with Crippen LogP contribution < -0.4 is 11.1 Å². The lowest BCUT2D eigenvalue weighted by Gasteiger charge is -2.54. The Morgan fingerprint density at radius 1 is 1.38 bits per heavy atom. The van der Waals surface area contributed by atoms with Crippen LogP contribution in [0, 0.1) is 11.8 Å². The first kappa shape index (κ1) is 11.9. The molecule has 0 bridgehead atoms. The SMILES string of the molecule is CC(C)C1CC(C(N)=O)(N2CCNCC2)C1. The lowest BCUT2D eigenvalue weighted by Crippen LogP contribution is -2.68. The lowest BCUT2D eigenvalue weighted by atomic mass is 9.62. The van der Waals surface area contributed by atoms with Gasteiger partial charge in [0, 0.05) is 26.2 Å². The van der Waals surface area contributed by atoms with Crippen molar-refractivity contribution >= 4 is 5.91 Å². The third-order valence-corrected chi connectivity index (χ3v) is 4.32. The topological polar surface area (TPSA) is 58.4 Å². The van der Waals surface area contributed by atoms with Gasteiger partial charge in [-0.2, -0.15) is 0 Å². The molecule has 4 nitrogen and oxygen atoms in total. The molecule has 1 aliphatic heterocycles. The van der Waals surface area contributed by atoms with Gasteiger partial charge in [0.2, 0.25) is 5.91 Å². The number of rotatable bonds is 3. The highest BCUT2D eigenvalue weighted by Crippen LogP contribution is 2.45. The van der Waals surface area contributed by atoms with Crippen molar-refractivity contribution in [2.24, 2.45) is 17.6 Å². The van der Waals surface area contributed by atoms with Gasteiger partial charge in [0.05, 0.1) is 0 Å². The molecule has 0 unspecified atom stereocenters. The molecule has 3 N–H and O–H groups in total. The van der Waals surface area contributed by atoms with Crippen molar-refractivity contribution in [3.8, 4) is 0 Å². The first-order valence-corrected chi connectivity index (χ1v) is 6.32. The molecule has 0 aromatic heterocycles. The summed E-state index contributed by atoms with van der Waals surface area (Å²) in [6, 6.07) is 0. The van der Waals surface area contributed by atoms with Gasteiger partial charge in [-0.05, 0) is 24.7 Å². The molecule has 0 radical (unpaired) electrons. The predicted molar refractivity (Wildman–Crippen MR) is 63.9 cm³/mol. The number of nitrogens with two attached hydrogens (primary N) is 1. The average molecular weight is 225 g/mol. The molecule has 1 aliphatic carbocycles. The summed E-state index contributed by atoms with van der Waals surface area (Å²) in [6.45, 7) is 8.31. The van der Waals surface area contributed by atoms with Gasteiger partial charge in [0.25, 0.3) is 0 Å². The summed E-state index contributed by atoms with van der Waals surface area (Å²) in [5.41, 5.74) is 5.30. The second-order valence-corrected chi connectivity index (χ2v) is 5.55. The average Bonchev–Trinajstić information content (AvgIpc) is 2.16. The molecule has 2 aliphatic rings. The fourth-order valence-corrected chi connectivity index (χ4v) is 2.99. The van der Waals surface area contributed by atoms with Crippen LogP contribution in [0.5, 0.6) is 0 Å². The molecule has 1 heterocycles. The van der Waals surface area contributed by atoms with Gasteiger partial charge in [-0.15, -0.1) is 0 Å². The molecule has 92 valence electrons. The Bertz CT molecular complexity index is 265. The van der Waals surface area contributed by atoms with E-state index in [9.17, 15) is 4.79 Å². The Morgan fingerprint density at radius 3 is 2.38 bits per heavy atom. The first-order valence-electron chi connectivity index (χ1n) is 6.32. The van der Waals surface area contributed by atoms with Crippen LogP contribution in [0.3, 0.4) is 0 Å². The Hall–Kier alpha value is -0.610. The Balaban J connectivity index is 2.04. The van der Waals surface area contributed by atoms with Crippen LogP contribution in [0.4, 0.5) is 0 Å². The van der Waals surface area contributed by atoms with Gasteiger partial charge in [-0.1, -0.05) is 13.8 Å². The molecule has 0 aromatic rings. The number of carbonyl (C=O) groups excluding carboxylic acids is 1. The maximum Gasteiger partial charge on any atom is 0.237 e. The molecule has 16 heavy (non-hydrogen) atoms. The summed E-state index contributed by atoms with van der Waals surface area (Å²) in [7, 11) is 0. The van der Waals surface area contributed by atoms with E-state index in [0.717, 1.165) is 39.0 Å². The quantitative estimate of drug-likeness (QED) is 0.720. The van der Waals surface area contributed by atoms with Crippen LogP contribution >= 0.6 is 0 Å². The maximum atomic E-state index is 11.7. The largest absolute Gasteiger partial charge is 0.368 e. The standard InChI is InChI=1S/C12H23N3O/c1-9(2)10-7-12(8-10,11(13)16)15-5-3-14-4-6-15/h9-10,14H,3-8H2,1-2H3,(H2,13,16). The van der Waals surface area contributed by atoms with Crippen LogP contribution in [0.1, 0.15) is 26.7 Å². The zero-order valence-electron chi connectivity index (χ0n) is 10.3. The fourth-order valence-electron chi connectivity index (χ4n) is 2.99. The van der Waals surface area contributed by atoms with Crippen LogP contribution in [0.25, 0.3) is 0 Å². The van der Waals surface area contributed by atoms with E-state index in [1.165, 1.54) is 0 Å². The molecule has 0 spiro atoms. The van der Waals surface area contributed by atoms with Gasteiger partial charge in [-0.3, -0.25) is 9.69 Å².